The summed E-state index contributed by atoms with van der Waals surface area (Å²) >= 11 is 0. The second-order valence-electron chi connectivity index (χ2n) is 4.72. The fourth-order valence-corrected chi connectivity index (χ4v) is 4.45. The summed E-state index contributed by atoms with van der Waals surface area (Å²) in [6, 6.07) is 1.27. The van der Waals surface area contributed by atoms with Gasteiger partial charge in [-0.05, 0) is 39.9 Å². The monoisotopic (exact) mass is 191 g/mol. The smallest absolute Gasteiger partial charge is 0.187 e. The molecule has 12 heavy (non-hydrogen) atoms. The van der Waals surface area contributed by atoms with Gasteiger partial charge in [-0.3, -0.25) is 0 Å². The van der Waals surface area contributed by atoms with Crippen LogP contribution >= 0.6 is 0 Å². The molecule has 0 saturated heterocycles. The Kier molecular flexibility index (Phi) is 6.10. The third-order valence-electron chi connectivity index (χ3n) is 1.43. The van der Waals surface area contributed by atoms with Crippen LogP contribution in [0.25, 0.3) is 0 Å². The highest BCUT2D eigenvalue weighted by Crippen LogP contribution is 2.20. The van der Waals surface area contributed by atoms with Crippen molar-refractivity contribution in [3.05, 3.63) is 0 Å². The number of hydrogen-bond acceptors (Lipinski definition) is 2. The van der Waals surface area contributed by atoms with E-state index in [9.17, 15) is 0 Å². The Balaban J connectivity index is 0. The van der Waals surface area contributed by atoms with Crippen LogP contribution in [0.1, 0.15) is 34.1 Å². The second kappa shape index (κ2) is 4.99. The van der Waals surface area contributed by atoms with Crippen molar-refractivity contribution in [2.45, 2.75) is 58.9 Å². The summed E-state index contributed by atoms with van der Waals surface area (Å²) in [7, 11) is -1.34. The van der Waals surface area contributed by atoms with Crippen LogP contribution in [0.15, 0.2) is 0 Å². The van der Waals surface area contributed by atoms with Gasteiger partial charge >= 0.3 is 0 Å². The van der Waals surface area contributed by atoms with E-state index in [1.165, 1.54) is 12.5 Å². The molecule has 0 rings (SSSR count). The highest BCUT2D eigenvalue weighted by atomic mass is 28.4. The lowest BCUT2D eigenvalue weighted by Gasteiger charge is -2.32. The third-order valence-corrected chi connectivity index (χ3v) is 4.30. The Labute approximate surface area is 78.4 Å². The highest BCUT2D eigenvalue weighted by molar-refractivity contribution is 6.71. The molecule has 0 fully saturated rings. The van der Waals surface area contributed by atoms with E-state index in [1.807, 2.05) is 0 Å². The van der Waals surface area contributed by atoms with Gasteiger partial charge in [-0.15, -0.1) is 0 Å². The van der Waals surface area contributed by atoms with Crippen molar-refractivity contribution in [1.82, 2.24) is 6.15 Å². The molecule has 0 aliphatic heterocycles. The molecule has 0 aromatic carbocycles. The first kappa shape index (κ1) is 14.6. The molecule has 0 heterocycles. The molecule has 3 heteroatoms. The van der Waals surface area contributed by atoms with Gasteiger partial charge in [0.1, 0.15) is 0 Å². The first-order valence-corrected chi connectivity index (χ1v) is 7.58. The second-order valence-corrected chi connectivity index (χ2v) is 8.95. The summed E-state index contributed by atoms with van der Waals surface area (Å²) < 4.78 is 6.00. The van der Waals surface area contributed by atoms with Crippen molar-refractivity contribution in [2.24, 2.45) is 0 Å². The summed E-state index contributed by atoms with van der Waals surface area (Å²) in [5.41, 5.74) is 0.0465. The largest absolute Gasteiger partial charge is 0.413 e. The van der Waals surface area contributed by atoms with Gasteiger partial charge in [0.2, 0.25) is 0 Å². The summed E-state index contributed by atoms with van der Waals surface area (Å²) in [5.74, 6) is 0. The molecule has 0 bridgehead atoms. The van der Waals surface area contributed by atoms with E-state index in [2.05, 4.69) is 40.8 Å². The van der Waals surface area contributed by atoms with Crippen LogP contribution in [0, 0.1) is 0 Å². The maximum absolute atomic E-state index is 6.00. The zero-order valence-electron chi connectivity index (χ0n) is 9.53. The van der Waals surface area contributed by atoms with Crippen molar-refractivity contribution in [3.63, 3.8) is 0 Å². The fraction of sp³-hybridized carbons (Fsp3) is 1.00. The Bertz CT molecular complexity index is 118. The molecule has 0 aliphatic rings. The minimum absolute atomic E-state index is 0. The average molecular weight is 191 g/mol. The molecule has 0 atom stereocenters. The predicted molar refractivity (Wildman–Crippen MR) is 58.4 cm³/mol. The van der Waals surface area contributed by atoms with Crippen LogP contribution in [0.5, 0.6) is 0 Å². The van der Waals surface area contributed by atoms with Crippen molar-refractivity contribution in [2.75, 3.05) is 0 Å². The highest BCUT2D eigenvalue weighted by Gasteiger charge is 2.26. The molecule has 0 radical (unpaired) electrons. The van der Waals surface area contributed by atoms with Gasteiger partial charge in [-0.1, -0.05) is 13.3 Å². The quantitative estimate of drug-likeness (QED) is 0.693. The molecule has 0 amide bonds. The van der Waals surface area contributed by atoms with Crippen LogP contribution in [-0.4, -0.2) is 13.9 Å². The molecular weight excluding hydrogens is 166 g/mol. The van der Waals surface area contributed by atoms with Crippen molar-refractivity contribution < 1.29 is 4.43 Å². The van der Waals surface area contributed by atoms with Gasteiger partial charge in [0.25, 0.3) is 0 Å². The summed E-state index contributed by atoms with van der Waals surface area (Å²) in [5, 5.41) is 0. The number of hydrogen-bond donors (Lipinski definition) is 1. The van der Waals surface area contributed by atoms with Gasteiger partial charge in [-0.2, -0.15) is 0 Å². The molecule has 2 nitrogen and oxygen atoms in total. The lowest BCUT2D eigenvalue weighted by Crippen LogP contribution is -2.38. The Morgan fingerprint density at radius 2 is 1.58 bits per heavy atom. The van der Waals surface area contributed by atoms with E-state index in [0.29, 0.717) is 0 Å². The lowest BCUT2D eigenvalue weighted by atomic mass is 10.2. The zero-order chi connectivity index (χ0) is 9.12. The molecule has 0 unspecified atom stereocenters. The van der Waals surface area contributed by atoms with E-state index in [1.54, 1.807) is 0 Å². The lowest BCUT2D eigenvalue weighted by molar-refractivity contribution is 0.120. The molecule has 0 aromatic heterocycles. The maximum Gasteiger partial charge on any atom is 0.187 e. The Hall–Kier alpha value is 0.137. The van der Waals surface area contributed by atoms with E-state index in [0.717, 1.165) is 0 Å². The standard InChI is InChI=1S/C9H22OSi.H3N/c1-7-8-11(5,6)10-9(2,3)4;/h7-8H2,1-6H3;1H3. The first-order chi connectivity index (χ1) is 4.77. The van der Waals surface area contributed by atoms with Gasteiger partial charge in [-0.25, -0.2) is 0 Å². The normalized spacial score (nSPS) is 12.5. The fourth-order valence-electron chi connectivity index (χ4n) is 1.48. The maximum atomic E-state index is 6.00. The topological polar surface area (TPSA) is 44.2 Å². The van der Waals surface area contributed by atoms with Crippen LogP contribution in [0.2, 0.25) is 19.1 Å². The van der Waals surface area contributed by atoms with Crippen molar-refractivity contribution in [3.8, 4) is 0 Å². The van der Waals surface area contributed by atoms with Crippen LogP contribution in [-0.2, 0) is 4.43 Å². The Morgan fingerprint density at radius 3 is 1.83 bits per heavy atom. The first-order valence-electron chi connectivity index (χ1n) is 4.47. The predicted octanol–water partition coefficient (Wildman–Crippen LogP) is 3.58. The number of rotatable bonds is 3. The van der Waals surface area contributed by atoms with Gasteiger partial charge in [0.05, 0.1) is 0 Å². The molecule has 0 aliphatic carbocycles. The van der Waals surface area contributed by atoms with Gasteiger partial charge in [0, 0.05) is 5.60 Å². The zero-order valence-corrected chi connectivity index (χ0v) is 10.5. The van der Waals surface area contributed by atoms with Crippen molar-refractivity contribution in [1.29, 1.82) is 0 Å². The van der Waals surface area contributed by atoms with Crippen LogP contribution < -0.4 is 6.15 Å². The average Bonchev–Trinajstić information content (AvgIpc) is 1.55. The van der Waals surface area contributed by atoms with E-state index >= 15 is 0 Å². The molecular formula is C9H25NOSi. The van der Waals surface area contributed by atoms with Crippen LogP contribution in [0.3, 0.4) is 0 Å². The molecule has 0 spiro atoms. The summed E-state index contributed by atoms with van der Waals surface area (Å²) in [6.07, 6.45) is 1.25. The summed E-state index contributed by atoms with van der Waals surface area (Å²) in [6.45, 7) is 13.2. The summed E-state index contributed by atoms with van der Waals surface area (Å²) in [4.78, 5) is 0. The van der Waals surface area contributed by atoms with Crippen LogP contribution in [0.4, 0.5) is 0 Å². The van der Waals surface area contributed by atoms with Crippen molar-refractivity contribution >= 4 is 8.32 Å². The minimum atomic E-state index is -1.34. The van der Waals surface area contributed by atoms with E-state index in [-0.39, 0.29) is 11.8 Å². The Morgan fingerprint density at radius 1 is 1.17 bits per heavy atom. The van der Waals surface area contributed by atoms with E-state index < -0.39 is 8.32 Å². The molecule has 0 aromatic rings. The van der Waals surface area contributed by atoms with Gasteiger partial charge in [0.15, 0.2) is 8.32 Å². The molecule has 3 N–H and O–H groups in total. The van der Waals surface area contributed by atoms with E-state index in [4.69, 9.17) is 4.43 Å². The van der Waals surface area contributed by atoms with Gasteiger partial charge < -0.3 is 10.6 Å². The molecule has 0 saturated carbocycles. The third kappa shape index (κ3) is 8.24. The molecule has 76 valence electrons. The SMILES string of the molecule is CCC[Si](C)(C)OC(C)(C)C.N. The minimum Gasteiger partial charge on any atom is -0.413 e.